The largest absolute Gasteiger partial charge is 0.437 e. The quantitative estimate of drug-likeness (QED) is 0.490. The van der Waals surface area contributed by atoms with Crippen molar-refractivity contribution in [3.05, 3.63) is 52.4 Å². The molecule has 0 unspecified atom stereocenters. The Hall–Kier alpha value is -2.70. The second-order valence-electron chi connectivity index (χ2n) is 7.25. The maximum atomic E-state index is 13.0. The fourth-order valence-electron chi connectivity index (χ4n) is 3.35. The number of aryl methyl sites for hydroxylation is 1. The second kappa shape index (κ2) is 8.34. The predicted octanol–water partition coefficient (Wildman–Crippen LogP) is 3.43. The van der Waals surface area contributed by atoms with Crippen molar-refractivity contribution in [2.75, 3.05) is 31.1 Å². The number of benzene rings is 1. The Labute approximate surface area is 186 Å². The number of rotatable bonds is 4. The third-order valence-electron chi connectivity index (χ3n) is 5.07. The molecule has 2 aromatic rings. The van der Waals surface area contributed by atoms with E-state index < -0.39 is 33.5 Å². The van der Waals surface area contributed by atoms with Crippen LogP contribution in [0.2, 0.25) is 0 Å². The summed E-state index contributed by atoms with van der Waals surface area (Å²) in [6.07, 6.45) is -3.69. The number of piperazine rings is 1. The zero-order chi connectivity index (χ0) is 23.1. The van der Waals surface area contributed by atoms with Gasteiger partial charge in [-0.2, -0.15) is 17.5 Å². The van der Waals surface area contributed by atoms with E-state index >= 15 is 0 Å². The molecule has 3 heterocycles. The van der Waals surface area contributed by atoms with Crippen LogP contribution in [0.5, 0.6) is 0 Å². The molecular formula is C20H18F3N3O4S2. The number of alkyl halides is 3. The molecule has 2 aliphatic rings. The molecule has 7 nitrogen and oxygen atoms in total. The van der Waals surface area contributed by atoms with E-state index in [1.165, 1.54) is 15.6 Å². The van der Waals surface area contributed by atoms with Crippen molar-refractivity contribution in [2.24, 2.45) is 5.16 Å². The van der Waals surface area contributed by atoms with Crippen LogP contribution < -0.4 is 4.90 Å². The Bertz CT molecular complexity index is 1190. The van der Waals surface area contributed by atoms with Gasteiger partial charge in [0.1, 0.15) is 0 Å². The summed E-state index contributed by atoms with van der Waals surface area (Å²) in [5, 5.41) is 3.59. The molecule has 32 heavy (non-hydrogen) atoms. The highest BCUT2D eigenvalue weighted by Gasteiger charge is 2.45. The molecule has 1 fully saturated rings. The summed E-state index contributed by atoms with van der Waals surface area (Å²) in [6.45, 7) is 3.30. The van der Waals surface area contributed by atoms with Crippen molar-refractivity contribution in [1.82, 2.24) is 4.31 Å². The van der Waals surface area contributed by atoms with Crippen LogP contribution in [0.1, 0.15) is 10.4 Å². The molecule has 0 saturated carbocycles. The molecule has 1 saturated heterocycles. The van der Waals surface area contributed by atoms with Crippen molar-refractivity contribution >= 4 is 44.1 Å². The number of thiophene rings is 1. The standard InChI is InChI=1S/C20H18F3N3O4S2/c1-13-2-5-15(6-3-13)32(28,29)26-10-8-25(9-11-26)17-7-4-14(31-17)12-16-18(20(21,22)23)24-30-19(16)27/h2-7,12H,8-11H2,1H3. The molecule has 0 atom stereocenters. The summed E-state index contributed by atoms with van der Waals surface area (Å²) in [4.78, 5) is 18.4. The van der Waals surface area contributed by atoms with E-state index in [-0.39, 0.29) is 18.0 Å². The van der Waals surface area contributed by atoms with Crippen molar-refractivity contribution in [2.45, 2.75) is 18.0 Å². The van der Waals surface area contributed by atoms with Gasteiger partial charge in [0.05, 0.1) is 15.5 Å². The number of halogens is 3. The monoisotopic (exact) mass is 485 g/mol. The molecule has 1 aromatic carbocycles. The van der Waals surface area contributed by atoms with E-state index in [9.17, 15) is 26.4 Å². The van der Waals surface area contributed by atoms with Crippen molar-refractivity contribution in [1.29, 1.82) is 0 Å². The first kappa shape index (κ1) is 22.5. The lowest BCUT2D eigenvalue weighted by atomic mass is 10.1. The first-order valence-corrected chi connectivity index (χ1v) is 11.8. The topological polar surface area (TPSA) is 79.3 Å². The van der Waals surface area contributed by atoms with E-state index in [4.69, 9.17) is 0 Å². The van der Waals surface area contributed by atoms with Gasteiger partial charge in [-0.15, -0.1) is 11.3 Å². The number of hydrogen-bond donors (Lipinski definition) is 0. The molecule has 170 valence electrons. The normalized spacial score (nSPS) is 19.4. The van der Waals surface area contributed by atoms with Gasteiger partial charge in [-0.05, 0) is 37.3 Å². The van der Waals surface area contributed by atoms with Crippen molar-refractivity contribution in [3.8, 4) is 0 Å². The molecule has 12 heteroatoms. The minimum Gasteiger partial charge on any atom is -0.361 e. The fourth-order valence-corrected chi connectivity index (χ4v) is 5.78. The molecule has 0 amide bonds. The van der Waals surface area contributed by atoms with E-state index in [0.29, 0.717) is 18.0 Å². The highest BCUT2D eigenvalue weighted by Crippen LogP contribution is 2.33. The van der Waals surface area contributed by atoms with Gasteiger partial charge in [-0.3, -0.25) is 0 Å². The van der Waals surface area contributed by atoms with Crippen LogP contribution in [0.4, 0.5) is 18.2 Å². The molecule has 1 aromatic heterocycles. The summed E-state index contributed by atoms with van der Waals surface area (Å²) in [5.74, 6) is -1.15. The number of nitrogens with zero attached hydrogens (tertiary/aromatic N) is 3. The minimum atomic E-state index is -4.79. The first-order chi connectivity index (χ1) is 15.1. The number of sulfonamides is 1. The van der Waals surface area contributed by atoms with E-state index in [1.807, 2.05) is 11.8 Å². The Morgan fingerprint density at radius 1 is 1.06 bits per heavy atom. The fraction of sp³-hybridized carbons (Fsp3) is 0.300. The van der Waals surface area contributed by atoms with Gasteiger partial charge >= 0.3 is 12.1 Å². The lowest BCUT2D eigenvalue weighted by Gasteiger charge is -2.34. The summed E-state index contributed by atoms with van der Waals surface area (Å²) < 4.78 is 66.1. The first-order valence-electron chi connectivity index (χ1n) is 9.56. The molecule has 0 spiro atoms. The van der Waals surface area contributed by atoms with Gasteiger partial charge in [0.25, 0.3) is 0 Å². The minimum absolute atomic E-state index is 0.243. The molecule has 0 bridgehead atoms. The summed E-state index contributed by atoms with van der Waals surface area (Å²) >= 11 is 1.20. The number of oxime groups is 1. The van der Waals surface area contributed by atoms with Crippen molar-refractivity contribution in [3.63, 3.8) is 0 Å². The number of hydrogen-bond acceptors (Lipinski definition) is 7. The molecule has 2 aliphatic heterocycles. The third-order valence-corrected chi connectivity index (χ3v) is 8.08. The number of anilines is 1. The van der Waals surface area contributed by atoms with Crippen LogP contribution in [-0.4, -0.2) is 56.8 Å². The SMILES string of the molecule is Cc1ccc(S(=O)(=O)N2CCN(c3ccc(C=C4C(=O)ON=C4C(F)(F)F)s3)CC2)cc1. The Kier molecular flexibility index (Phi) is 5.86. The Morgan fingerprint density at radius 2 is 1.72 bits per heavy atom. The molecular weight excluding hydrogens is 467 g/mol. The number of carbonyl (C=O) groups is 1. The van der Waals surface area contributed by atoms with E-state index in [1.54, 1.807) is 36.4 Å². The average molecular weight is 486 g/mol. The van der Waals surface area contributed by atoms with Gasteiger partial charge in [0.15, 0.2) is 5.71 Å². The lowest BCUT2D eigenvalue weighted by molar-refractivity contribution is -0.136. The average Bonchev–Trinajstić information content (AvgIpc) is 3.36. The van der Waals surface area contributed by atoms with Gasteiger partial charge in [-0.1, -0.05) is 22.9 Å². The molecule has 0 N–H and O–H groups in total. The number of carbonyl (C=O) groups excluding carboxylic acids is 1. The van der Waals surface area contributed by atoms with Gasteiger partial charge in [-0.25, -0.2) is 13.2 Å². The van der Waals surface area contributed by atoms with Gasteiger partial charge < -0.3 is 9.74 Å². The van der Waals surface area contributed by atoms with Crippen LogP contribution in [0.3, 0.4) is 0 Å². The lowest BCUT2D eigenvalue weighted by Crippen LogP contribution is -2.48. The maximum Gasteiger partial charge on any atom is 0.437 e. The summed E-state index contributed by atoms with van der Waals surface area (Å²) in [5.41, 5.74) is -1.02. The zero-order valence-electron chi connectivity index (χ0n) is 16.8. The smallest absolute Gasteiger partial charge is 0.361 e. The van der Waals surface area contributed by atoms with Crippen molar-refractivity contribution < 1.29 is 31.2 Å². The highest BCUT2D eigenvalue weighted by molar-refractivity contribution is 7.89. The van der Waals surface area contributed by atoms with Crippen LogP contribution in [0.25, 0.3) is 6.08 Å². The Balaban J connectivity index is 1.45. The Morgan fingerprint density at radius 3 is 2.34 bits per heavy atom. The maximum absolute atomic E-state index is 13.0. The third kappa shape index (κ3) is 4.43. The molecule has 0 radical (unpaired) electrons. The van der Waals surface area contributed by atoms with Crippen LogP contribution in [0, 0.1) is 6.92 Å². The zero-order valence-corrected chi connectivity index (χ0v) is 18.4. The van der Waals surface area contributed by atoms with E-state index in [0.717, 1.165) is 16.6 Å². The van der Waals surface area contributed by atoms with Gasteiger partial charge in [0.2, 0.25) is 10.0 Å². The molecule has 4 rings (SSSR count). The van der Waals surface area contributed by atoms with E-state index in [2.05, 4.69) is 9.99 Å². The van der Waals surface area contributed by atoms with Crippen LogP contribution >= 0.6 is 11.3 Å². The van der Waals surface area contributed by atoms with Crippen LogP contribution in [-0.2, 0) is 19.7 Å². The van der Waals surface area contributed by atoms with Gasteiger partial charge in [0, 0.05) is 31.1 Å². The highest BCUT2D eigenvalue weighted by atomic mass is 32.2. The summed E-state index contributed by atoms with van der Waals surface area (Å²) in [6, 6.07) is 10.00. The summed E-state index contributed by atoms with van der Waals surface area (Å²) in [7, 11) is -3.59. The van der Waals surface area contributed by atoms with Crippen LogP contribution in [0.15, 0.2) is 52.0 Å². The molecule has 0 aliphatic carbocycles. The predicted molar refractivity (Wildman–Crippen MR) is 114 cm³/mol. The second-order valence-corrected chi connectivity index (χ2v) is 10.3.